The predicted molar refractivity (Wildman–Crippen MR) is 74.3 cm³/mol. The maximum Gasteiger partial charge on any atom is 0.223 e. The number of hydrogen-bond donors (Lipinski definition) is 2. The third kappa shape index (κ3) is 5.52. The van der Waals surface area contributed by atoms with E-state index in [9.17, 15) is 9.59 Å². The van der Waals surface area contributed by atoms with Gasteiger partial charge >= 0.3 is 0 Å². The van der Waals surface area contributed by atoms with Crippen LogP contribution in [0.5, 0.6) is 0 Å². The monoisotopic (exact) mass is 263 g/mol. The van der Waals surface area contributed by atoms with Crippen molar-refractivity contribution in [3.8, 4) is 0 Å². The molecule has 5 nitrogen and oxygen atoms in total. The largest absolute Gasteiger partial charge is 0.356 e. The van der Waals surface area contributed by atoms with Gasteiger partial charge in [0, 0.05) is 39.5 Å². The van der Waals surface area contributed by atoms with Crippen molar-refractivity contribution in [2.75, 3.05) is 20.6 Å². The van der Waals surface area contributed by atoms with Crippen LogP contribution in [-0.4, -0.2) is 37.4 Å². The molecule has 1 aromatic carbocycles. The fourth-order valence-electron chi connectivity index (χ4n) is 1.62. The maximum absolute atomic E-state index is 11.7. The smallest absolute Gasteiger partial charge is 0.223 e. The molecule has 0 bridgehead atoms. The van der Waals surface area contributed by atoms with Gasteiger partial charge in [0.25, 0.3) is 0 Å². The number of carbonyl (C=O) groups excluding carboxylic acids is 2. The first-order valence-corrected chi connectivity index (χ1v) is 6.28. The molecule has 1 atom stereocenters. The SMILES string of the molecule is CN(C)C(=O)CCNC(=O)CC(N)c1ccccc1. The van der Waals surface area contributed by atoms with Gasteiger partial charge in [-0.2, -0.15) is 0 Å². The first-order chi connectivity index (χ1) is 9.00. The molecule has 0 aliphatic carbocycles. The van der Waals surface area contributed by atoms with E-state index in [1.165, 1.54) is 4.90 Å². The van der Waals surface area contributed by atoms with E-state index >= 15 is 0 Å². The summed E-state index contributed by atoms with van der Waals surface area (Å²) in [5.41, 5.74) is 6.87. The Balaban J connectivity index is 2.30. The van der Waals surface area contributed by atoms with Crippen molar-refractivity contribution in [2.24, 2.45) is 5.73 Å². The number of carbonyl (C=O) groups is 2. The average Bonchev–Trinajstić information content (AvgIpc) is 2.39. The van der Waals surface area contributed by atoms with E-state index in [1.807, 2.05) is 30.3 Å². The van der Waals surface area contributed by atoms with E-state index in [2.05, 4.69) is 5.32 Å². The normalized spacial score (nSPS) is 11.7. The maximum atomic E-state index is 11.7. The highest BCUT2D eigenvalue weighted by atomic mass is 16.2. The molecule has 2 amide bonds. The topological polar surface area (TPSA) is 75.4 Å². The van der Waals surface area contributed by atoms with Crippen molar-refractivity contribution in [2.45, 2.75) is 18.9 Å². The minimum absolute atomic E-state index is 0.00680. The Morgan fingerprint density at radius 2 is 1.89 bits per heavy atom. The summed E-state index contributed by atoms with van der Waals surface area (Å²) in [4.78, 5) is 24.5. The molecule has 5 heteroatoms. The van der Waals surface area contributed by atoms with Gasteiger partial charge in [0.2, 0.25) is 11.8 Å². The van der Waals surface area contributed by atoms with Gasteiger partial charge in [-0.15, -0.1) is 0 Å². The molecule has 1 rings (SSSR count). The summed E-state index contributed by atoms with van der Waals surface area (Å²) in [5, 5.41) is 2.70. The van der Waals surface area contributed by atoms with Gasteiger partial charge < -0.3 is 16.0 Å². The lowest BCUT2D eigenvalue weighted by Crippen LogP contribution is -2.31. The van der Waals surface area contributed by atoms with Crippen LogP contribution in [0.15, 0.2) is 30.3 Å². The first-order valence-electron chi connectivity index (χ1n) is 6.28. The molecule has 1 unspecified atom stereocenters. The Kier molecular flexibility index (Phi) is 6.02. The van der Waals surface area contributed by atoms with Crippen LogP contribution < -0.4 is 11.1 Å². The number of benzene rings is 1. The van der Waals surface area contributed by atoms with E-state index < -0.39 is 0 Å². The second kappa shape index (κ2) is 7.53. The molecule has 19 heavy (non-hydrogen) atoms. The molecule has 3 N–H and O–H groups in total. The Morgan fingerprint density at radius 3 is 2.47 bits per heavy atom. The molecule has 0 heterocycles. The second-order valence-electron chi connectivity index (χ2n) is 4.61. The zero-order chi connectivity index (χ0) is 14.3. The van der Waals surface area contributed by atoms with Gasteiger partial charge in [0.05, 0.1) is 0 Å². The van der Waals surface area contributed by atoms with Crippen LogP contribution in [0, 0.1) is 0 Å². The zero-order valence-corrected chi connectivity index (χ0v) is 11.4. The number of nitrogens with zero attached hydrogens (tertiary/aromatic N) is 1. The summed E-state index contributed by atoms with van der Waals surface area (Å²) in [6.07, 6.45) is 0.527. The molecule has 0 radical (unpaired) electrons. The fraction of sp³-hybridized carbons (Fsp3) is 0.429. The predicted octanol–water partition coefficient (Wildman–Crippen LogP) is 0.671. The second-order valence-corrected chi connectivity index (χ2v) is 4.61. The van der Waals surface area contributed by atoms with Gasteiger partial charge in [-0.25, -0.2) is 0 Å². The Morgan fingerprint density at radius 1 is 1.26 bits per heavy atom. The zero-order valence-electron chi connectivity index (χ0n) is 11.4. The van der Waals surface area contributed by atoms with Crippen molar-refractivity contribution >= 4 is 11.8 Å². The summed E-state index contributed by atoms with van der Waals surface area (Å²) in [6, 6.07) is 9.17. The van der Waals surface area contributed by atoms with E-state index in [1.54, 1.807) is 14.1 Å². The van der Waals surface area contributed by atoms with Crippen LogP contribution in [0.3, 0.4) is 0 Å². The van der Waals surface area contributed by atoms with Crippen LogP contribution in [0.2, 0.25) is 0 Å². The number of nitrogens with two attached hydrogens (primary N) is 1. The third-order valence-electron chi connectivity index (χ3n) is 2.79. The molecule has 0 aromatic heterocycles. The Labute approximate surface area is 113 Å². The van der Waals surface area contributed by atoms with E-state index in [4.69, 9.17) is 5.73 Å². The lowest BCUT2D eigenvalue weighted by atomic mass is 10.0. The number of nitrogens with one attached hydrogen (secondary N) is 1. The van der Waals surface area contributed by atoms with Gasteiger partial charge in [0.15, 0.2) is 0 Å². The summed E-state index contributed by atoms with van der Waals surface area (Å²) < 4.78 is 0. The molecular weight excluding hydrogens is 242 g/mol. The standard InChI is InChI=1S/C14H21N3O2/c1-17(2)14(19)8-9-16-13(18)10-12(15)11-6-4-3-5-7-11/h3-7,12H,8-10,15H2,1-2H3,(H,16,18). The van der Waals surface area contributed by atoms with E-state index in [0.29, 0.717) is 13.0 Å². The average molecular weight is 263 g/mol. The molecule has 1 aromatic rings. The minimum atomic E-state index is -0.314. The molecule has 0 spiro atoms. The summed E-state index contributed by atoms with van der Waals surface area (Å²) >= 11 is 0. The quantitative estimate of drug-likeness (QED) is 0.792. The van der Waals surface area contributed by atoms with Gasteiger partial charge in [-0.05, 0) is 5.56 Å². The molecule has 0 saturated carbocycles. The van der Waals surface area contributed by atoms with Crippen LogP contribution in [0.1, 0.15) is 24.4 Å². The summed E-state index contributed by atoms with van der Waals surface area (Å²) in [5.74, 6) is -0.143. The van der Waals surface area contributed by atoms with Crippen molar-refractivity contribution in [1.82, 2.24) is 10.2 Å². The van der Waals surface area contributed by atoms with Crippen molar-refractivity contribution in [3.05, 3.63) is 35.9 Å². The highest BCUT2D eigenvalue weighted by Crippen LogP contribution is 2.12. The molecule has 104 valence electrons. The number of rotatable bonds is 6. The third-order valence-corrected chi connectivity index (χ3v) is 2.79. The van der Waals surface area contributed by atoms with Crippen LogP contribution in [0.25, 0.3) is 0 Å². The molecule has 0 aliphatic rings. The van der Waals surface area contributed by atoms with Crippen LogP contribution in [0.4, 0.5) is 0 Å². The van der Waals surface area contributed by atoms with Crippen LogP contribution in [-0.2, 0) is 9.59 Å². The highest BCUT2D eigenvalue weighted by Gasteiger charge is 2.11. The molecule has 0 fully saturated rings. The fourth-order valence-corrected chi connectivity index (χ4v) is 1.62. The number of hydrogen-bond acceptors (Lipinski definition) is 3. The van der Waals surface area contributed by atoms with Gasteiger partial charge in [-0.1, -0.05) is 30.3 Å². The number of amides is 2. The summed E-state index contributed by atoms with van der Waals surface area (Å²) in [6.45, 7) is 0.345. The lowest BCUT2D eigenvalue weighted by molar-refractivity contribution is -0.128. The van der Waals surface area contributed by atoms with Crippen molar-refractivity contribution in [3.63, 3.8) is 0 Å². The molecular formula is C14H21N3O2. The van der Waals surface area contributed by atoms with Crippen molar-refractivity contribution < 1.29 is 9.59 Å². The molecule has 0 aliphatic heterocycles. The first kappa shape index (κ1) is 15.2. The summed E-state index contributed by atoms with van der Waals surface area (Å²) in [7, 11) is 3.38. The molecule has 0 saturated heterocycles. The minimum Gasteiger partial charge on any atom is -0.356 e. The van der Waals surface area contributed by atoms with E-state index in [0.717, 1.165) is 5.56 Å². The van der Waals surface area contributed by atoms with Crippen molar-refractivity contribution in [1.29, 1.82) is 0 Å². The van der Waals surface area contributed by atoms with E-state index in [-0.39, 0.29) is 24.3 Å². The van der Waals surface area contributed by atoms with Crippen LogP contribution >= 0.6 is 0 Å². The van der Waals surface area contributed by atoms with Gasteiger partial charge in [0.1, 0.15) is 0 Å². The highest BCUT2D eigenvalue weighted by molar-refractivity contribution is 5.79. The van der Waals surface area contributed by atoms with Gasteiger partial charge in [-0.3, -0.25) is 9.59 Å². The Bertz CT molecular complexity index is 418. The lowest BCUT2D eigenvalue weighted by Gasteiger charge is -2.13. The Hall–Kier alpha value is -1.88.